The molecule has 8 aromatic rings. The number of allylic oxidation sites excluding steroid dienone is 4. The fraction of sp³-hybridized carbons (Fsp3) is 0.111. The van der Waals surface area contributed by atoms with E-state index in [9.17, 15) is 0 Å². The summed E-state index contributed by atoms with van der Waals surface area (Å²) in [5.41, 5.74) is 13.2. The van der Waals surface area contributed by atoms with E-state index in [-0.39, 0.29) is 0 Å². The number of fused-ring (bicyclic) bond motifs is 7. The van der Waals surface area contributed by atoms with E-state index in [2.05, 4.69) is 116 Å². The van der Waals surface area contributed by atoms with Crippen LogP contribution in [0.25, 0.3) is 98.4 Å². The number of methoxy groups -OCH3 is 2. The van der Waals surface area contributed by atoms with E-state index in [1.165, 1.54) is 110 Å². The Bertz CT molecular complexity index is 2770. The highest BCUT2D eigenvalue weighted by Gasteiger charge is 2.31. The van der Waals surface area contributed by atoms with Crippen LogP contribution >= 0.6 is 0 Å². The van der Waals surface area contributed by atoms with Gasteiger partial charge in [0, 0.05) is 5.92 Å². The molecule has 0 saturated heterocycles. The molecule has 0 spiro atoms. The van der Waals surface area contributed by atoms with Crippen LogP contribution in [0.4, 0.5) is 0 Å². The average molecular weight is 603 g/mol. The summed E-state index contributed by atoms with van der Waals surface area (Å²) in [6.07, 6.45) is 3.29. The molecule has 0 amide bonds. The maximum absolute atomic E-state index is 5.80. The Morgan fingerprint density at radius 3 is 1.83 bits per heavy atom. The molecule has 0 N–H and O–H groups in total. The molecule has 1 unspecified atom stereocenters. The van der Waals surface area contributed by atoms with Crippen molar-refractivity contribution in [2.24, 2.45) is 5.92 Å². The third kappa shape index (κ3) is 3.07. The van der Waals surface area contributed by atoms with Crippen molar-refractivity contribution in [3.05, 3.63) is 126 Å². The molecule has 47 heavy (non-hydrogen) atoms. The molecular weight excluding hydrogens is 572 g/mol. The van der Waals surface area contributed by atoms with E-state index in [0.29, 0.717) is 5.92 Å². The van der Waals surface area contributed by atoms with Crippen molar-refractivity contribution in [3.8, 4) is 39.1 Å². The summed E-state index contributed by atoms with van der Waals surface area (Å²) >= 11 is 0. The van der Waals surface area contributed by atoms with Gasteiger partial charge in [0.25, 0.3) is 0 Å². The molecule has 3 aliphatic rings. The molecule has 2 heteroatoms. The third-order valence-electron chi connectivity index (χ3n) is 11.4. The van der Waals surface area contributed by atoms with Crippen LogP contribution in [-0.4, -0.2) is 14.2 Å². The van der Waals surface area contributed by atoms with Crippen LogP contribution in [0.1, 0.15) is 24.5 Å². The summed E-state index contributed by atoms with van der Waals surface area (Å²) in [5.74, 6) is 2.35. The van der Waals surface area contributed by atoms with Crippen LogP contribution in [0.5, 0.6) is 5.75 Å². The number of ether oxygens (including phenoxy) is 2. The molecule has 0 aliphatic heterocycles. The fourth-order valence-corrected chi connectivity index (χ4v) is 9.35. The molecule has 1 atom stereocenters. The highest BCUT2D eigenvalue weighted by atomic mass is 16.5. The predicted molar refractivity (Wildman–Crippen MR) is 197 cm³/mol. The van der Waals surface area contributed by atoms with E-state index < -0.39 is 0 Å². The van der Waals surface area contributed by atoms with Gasteiger partial charge in [-0.2, -0.15) is 0 Å². The van der Waals surface area contributed by atoms with Crippen LogP contribution in [-0.2, 0) is 4.74 Å². The Labute approximate surface area is 272 Å². The molecule has 0 radical (unpaired) electrons. The predicted octanol–water partition coefficient (Wildman–Crippen LogP) is 12.0. The van der Waals surface area contributed by atoms with Gasteiger partial charge in [0.15, 0.2) is 0 Å². The minimum absolute atomic E-state index is 0.379. The first-order chi connectivity index (χ1) is 23.1. The molecule has 0 aromatic heterocycles. The zero-order valence-electron chi connectivity index (χ0n) is 26.5. The van der Waals surface area contributed by atoms with Crippen molar-refractivity contribution in [2.75, 3.05) is 14.2 Å². The van der Waals surface area contributed by atoms with E-state index in [1.54, 1.807) is 14.2 Å². The first-order valence-electron chi connectivity index (χ1n) is 16.5. The van der Waals surface area contributed by atoms with Gasteiger partial charge < -0.3 is 9.47 Å². The van der Waals surface area contributed by atoms with Crippen LogP contribution in [0.15, 0.2) is 115 Å². The summed E-state index contributed by atoms with van der Waals surface area (Å²) in [4.78, 5) is 0. The lowest BCUT2D eigenvalue weighted by Gasteiger charge is -2.22. The molecule has 8 aromatic carbocycles. The van der Waals surface area contributed by atoms with Crippen molar-refractivity contribution >= 4 is 65.0 Å². The maximum atomic E-state index is 5.80. The highest BCUT2D eigenvalue weighted by molar-refractivity contribution is 6.38. The van der Waals surface area contributed by atoms with E-state index in [0.717, 1.165) is 17.9 Å². The van der Waals surface area contributed by atoms with Gasteiger partial charge in [-0.25, -0.2) is 0 Å². The number of hydrogen-bond acceptors (Lipinski definition) is 2. The minimum Gasteiger partial charge on any atom is -0.501 e. The third-order valence-corrected chi connectivity index (χ3v) is 11.4. The standard InChI is InChI=1S/C45H30O2/c1-23-20-38-31-9-5-7-29-26(13-15-36(43(29)31)40(38)22-41(23)47-3)25-12-14-33-35-18-19-37-39-21-24(46-2)10-11-27(39)32-16-17-34(45(35)44(32)37)30-8-4-6-28(25)42(30)33/h4-19,21-23H,20H2,1-3H3. The quantitative estimate of drug-likeness (QED) is 0.148. The van der Waals surface area contributed by atoms with Crippen LogP contribution in [0.2, 0.25) is 0 Å². The summed E-state index contributed by atoms with van der Waals surface area (Å²) in [5, 5.41) is 13.4. The number of rotatable bonds is 3. The van der Waals surface area contributed by atoms with Gasteiger partial charge in [-0.15, -0.1) is 0 Å². The van der Waals surface area contributed by atoms with Gasteiger partial charge in [0.05, 0.1) is 20.0 Å². The molecule has 0 saturated carbocycles. The highest BCUT2D eigenvalue weighted by Crippen LogP contribution is 2.54. The Kier molecular flexibility index (Phi) is 4.79. The van der Waals surface area contributed by atoms with Crippen molar-refractivity contribution in [3.63, 3.8) is 0 Å². The Balaban J connectivity index is 1.18. The van der Waals surface area contributed by atoms with Crippen molar-refractivity contribution in [1.29, 1.82) is 0 Å². The lowest BCUT2D eigenvalue weighted by Crippen LogP contribution is -2.07. The van der Waals surface area contributed by atoms with Crippen LogP contribution in [0.3, 0.4) is 0 Å². The maximum Gasteiger partial charge on any atom is 0.119 e. The Morgan fingerprint density at radius 2 is 1.06 bits per heavy atom. The van der Waals surface area contributed by atoms with Crippen molar-refractivity contribution < 1.29 is 9.47 Å². The number of hydrogen-bond donors (Lipinski definition) is 0. The monoisotopic (exact) mass is 602 g/mol. The van der Waals surface area contributed by atoms with Crippen LogP contribution < -0.4 is 4.74 Å². The second-order valence-electron chi connectivity index (χ2n) is 13.5. The molecule has 0 fully saturated rings. The van der Waals surface area contributed by atoms with Gasteiger partial charge in [-0.1, -0.05) is 97.9 Å². The lowest BCUT2D eigenvalue weighted by atomic mass is 9.85. The van der Waals surface area contributed by atoms with Gasteiger partial charge in [0.1, 0.15) is 5.75 Å². The largest absolute Gasteiger partial charge is 0.501 e. The fourth-order valence-electron chi connectivity index (χ4n) is 9.35. The normalized spacial score (nSPS) is 16.1. The average Bonchev–Trinajstić information content (AvgIpc) is 3.61. The smallest absolute Gasteiger partial charge is 0.119 e. The van der Waals surface area contributed by atoms with Gasteiger partial charge in [0.2, 0.25) is 0 Å². The van der Waals surface area contributed by atoms with E-state index >= 15 is 0 Å². The lowest BCUT2D eigenvalue weighted by molar-refractivity contribution is 0.248. The second kappa shape index (κ2) is 8.80. The van der Waals surface area contributed by atoms with Gasteiger partial charge in [-0.05, 0) is 134 Å². The minimum atomic E-state index is 0.379. The second-order valence-corrected chi connectivity index (χ2v) is 13.5. The van der Waals surface area contributed by atoms with Crippen molar-refractivity contribution in [1.82, 2.24) is 0 Å². The first-order valence-corrected chi connectivity index (χ1v) is 16.5. The Hall–Kier alpha value is -5.60. The SMILES string of the molecule is COC1=CC2=C(CC1C)c1cccc3c(-c4ccc5c6ccc7c8c(ccc(c9cccc4c95)c86)-c4ccc(OC)cc4-7)ccc2c13. The van der Waals surface area contributed by atoms with Gasteiger partial charge >= 0.3 is 0 Å². The molecule has 222 valence electrons. The first kappa shape index (κ1) is 25.6. The molecular formula is C45H30O2. The summed E-state index contributed by atoms with van der Waals surface area (Å²) in [7, 11) is 3.54. The van der Waals surface area contributed by atoms with Crippen molar-refractivity contribution in [2.45, 2.75) is 13.3 Å². The molecule has 2 nitrogen and oxygen atoms in total. The number of benzene rings is 8. The summed E-state index contributed by atoms with van der Waals surface area (Å²) in [6, 6.07) is 39.0. The summed E-state index contributed by atoms with van der Waals surface area (Å²) in [6.45, 7) is 2.27. The molecule has 11 rings (SSSR count). The zero-order valence-corrected chi connectivity index (χ0v) is 26.5. The molecule has 0 bridgehead atoms. The van der Waals surface area contributed by atoms with E-state index in [1.807, 2.05) is 0 Å². The van der Waals surface area contributed by atoms with Gasteiger partial charge in [-0.3, -0.25) is 0 Å². The van der Waals surface area contributed by atoms with Crippen LogP contribution in [0, 0.1) is 5.92 Å². The molecule has 0 heterocycles. The van der Waals surface area contributed by atoms with E-state index in [4.69, 9.17) is 9.47 Å². The molecule has 3 aliphatic carbocycles. The zero-order chi connectivity index (χ0) is 31.1. The summed E-state index contributed by atoms with van der Waals surface area (Å²) < 4.78 is 11.4. The topological polar surface area (TPSA) is 18.5 Å². The Morgan fingerprint density at radius 1 is 0.468 bits per heavy atom.